The third-order valence-corrected chi connectivity index (χ3v) is 3.13. The van der Waals surface area contributed by atoms with Gasteiger partial charge in [-0.25, -0.2) is 10.8 Å². The Bertz CT molecular complexity index is 398. The number of nitro groups is 1. The predicted molar refractivity (Wildman–Crippen MR) is 68.9 cm³/mol. The summed E-state index contributed by atoms with van der Waals surface area (Å²) >= 11 is 1.38. The van der Waals surface area contributed by atoms with Gasteiger partial charge in [-0.2, -0.15) is 0 Å². The Labute approximate surface area is 104 Å². The minimum Gasteiger partial charge on any atom is -0.308 e. The van der Waals surface area contributed by atoms with E-state index in [1.807, 2.05) is 0 Å². The smallest absolute Gasteiger partial charge is 0.301 e. The highest BCUT2D eigenvalue weighted by Gasteiger charge is 2.16. The minimum atomic E-state index is -0.426. The first-order valence-corrected chi connectivity index (χ1v) is 6.28. The topological polar surface area (TPSA) is 94.1 Å². The lowest BCUT2D eigenvalue weighted by molar-refractivity contribution is -0.388. The van der Waals surface area contributed by atoms with Crippen LogP contribution >= 0.6 is 11.8 Å². The lowest BCUT2D eigenvalue weighted by Crippen LogP contribution is -2.09. The number of aromatic nitrogens is 1. The molecule has 0 spiro atoms. The van der Waals surface area contributed by atoms with Crippen molar-refractivity contribution in [2.75, 3.05) is 11.2 Å². The summed E-state index contributed by atoms with van der Waals surface area (Å²) in [5.41, 5.74) is 2.41. The number of hydrogen-bond acceptors (Lipinski definition) is 6. The van der Waals surface area contributed by atoms with Crippen LogP contribution < -0.4 is 11.3 Å². The van der Waals surface area contributed by atoms with E-state index in [4.69, 9.17) is 5.84 Å². The summed E-state index contributed by atoms with van der Waals surface area (Å²) in [7, 11) is 0. The fourth-order valence-electron chi connectivity index (χ4n) is 1.15. The molecule has 7 heteroatoms. The van der Waals surface area contributed by atoms with E-state index < -0.39 is 4.92 Å². The number of nitrogens with zero attached hydrogens (tertiary/aromatic N) is 2. The van der Waals surface area contributed by atoms with Crippen molar-refractivity contribution in [3.05, 3.63) is 22.2 Å². The molecule has 1 aromatic heterocycles. The van der Waals surface area contributed by atoms with E-state index in [-0.39, 0.29) is 5.69 Å². The number of nitrogen functional groups attached to an aromatic ring is 1. The molecule has 1 aromatic rings. The Morgan fingerprint density at radius 3 is 2.82 bits per heavy atom. The van der Waals surface area contributed by atoms with E-state index in [1.54, 1.807) is 0 Å². The number of pyridine rings is 1. The molecule has 0 aliphatic carbocycles. The van der Waals surface area contributed by atoms with Crippen molar-refractivity contribution in [2.24, 2.45) is 11.8 Å². The van der Waals surface area contributed by atoms with Crippen molar-refractivity contribution in [3.8, 4) is 0 Å². The van der Waals surface area contributed by atoms with Gasteiger partial charge >= 0.3 is 5.69 Å². The highest BCUT2D eigenvalue weighted by atomic mass is 32.2. The van der Waals surface area contributed by atoms with Crippen molar-refractivity contribution in [3.63, 3.8) is 0 Å². The molecule has 94 valence electrons. The second-order valence-corrected chi connectivity index (χ2v) is 5.04. The lowest BCUT2D eigenvalue weighted by Gasteiger charge is -2.06. The Hall–Kier alpha value is -1.34. The van der Waals surface area contributed by atoms with E-state index in [0.29, 0.717) is 16.8 Å². The van der Waals surface area contributed by atoms with Crippen LogP contribution in [0.5, 0.6) is 0 Å². The molecule has 0 aliphatic rings. The number of thioether (sulfide) groups is 1. The summed E-state index contributed by atoms with van der Waals surface area (Å²) in [6.07, 6.45) is 0.990. The molecule has 0 fully saturated rings. The molecule has 0 unspecified atom stereocenters. The van der Waals surface area contributed by atoms with Crippen molar-refractivity contribution < 1.29 is 4.92 Å². The summed E-state index contributed by atoms with van der Waals surface area (Å²) in [5.74, 6) is 7.04. The van der Waals surface area contributed by atoms with Gasteiger partial charge in [-0.1, -0.05) is 25.6 Å². The first kappa shape index (κ1) is 13.7. The highest BCUT2D eigenvalue weighted by Crippen LogP contribution is 2.29. The molecule has 0 saturated heterocycles. The van der Waals surface area contributed by atoms with Crippen molar-refractivity contribution in [2.45, 2.75) is 25.3 Å². The second-order valence-electron chi connectivity index (χ2n) is 3.95. The quantitative estimate of drug-likeness (QED) is 0.351. The van der Waals surface area contributed by atoms with Crippen LogP contribution in [-0.2, 0) is 0 Å². The summed E-state index contributed by atoms with van der Waals surface area (Å²) in [6, 6.07) is 2.91. The number of rotatable bonds is 6. The largest absolute Gasteiger partial charge is 0.308 e. The Balaban J connectivity index is 2.82. The van der Waals surface area contributed by atoms with E-state index in [9.17, 15) is 10.1 Å². The number of hydrogen-bond donors (Lipinski definition) is 2. The molecule has 3 N–H and O–H groups in total. The van der Waals surface area contributed by atoms with Gasteiger partial charge in [-0.15, -0.1) is 0 Å². The van der Waals surface area contributed by atoms with Gasteiger partial charge in [0, 0.05) is 6.07 Å². The maximum absolute atomic E-state index is 10.8. The zero-order valence-corrected chi connectivity index (χ0v) is 10.7. The van der Waals surface area contributed by atoms with Crippen LogP contribution in [0.25, 0.3) is 0 Å². The minimum absolute atomic E-state index is 0.0257. The fourth-order valence-corrected chi connectivity index (χ4v) is 2.39. The molecule has 1 heterocycles. The van der Waals surface area contributed by atoms with E-state index in [0.717, 1.165) is 12.2 Å². The summed E-state index contributed by atoms with van der Waals surface area (Å²) in [5, 5.41) is 11.2. The molecule has 17 heavy (non-hydrogen) atoms. The molecule has 0 bridgehead atoms. The summed E-state index contributed by atoms with van der Waals surface area (Å²) in [4.78, 5) is 14.5. The predicted octanol–water partition coefficient (Wildman–Crippen LogP) is 2.41. The summed E-state index contributed by atoms with van der Waals surface area (Å²) in [6.45, 7) is 4.22. The zero-order valence-electron chi connectivity index (χ0n) is 9.84. The second kappa shape index (κ2) is 6.41. The maximum atomic E-state index is 10.8. The lowest BCUT2D eigenvalue weighted by atomic mass is 10.2. The van der Waals surface area contributed by atoms with Crippen LogP contribution in [0.3, 0.4) is 0 Å². The highest BCUT2D eigenvalue weighted by molar-refractivity contribution is 7.99. The van der Waals surface area contributed by atoms with Gasteiger partial charge in [0.1, 0.15) is 5.82 Å². The molecule has 6 nitrogen and oxygen atoms in total. The van der Waals surface area contributed by atoms with Gasteiger partial charge in [0.05, 0.1) is 4.92 Å². The van der Waals surface area contributed by atoms with Crippen LogP contribution in [0.2, 0.25) is 0 Å². The third-order valence-electron chi connectivity index (χ3n) is 2.12. The standard InChI is InChI=1S/C10H16N4O2S/c1-7(2)5-6-17-10-8(14(15)16)3-4-9(12-10)13-11/h3-4,7H,5-6,11H2,1-2H3,(H,12,13). The Morgan fingerprint density at radius 1 is 1.59 bits per heavy atom. The molecule has 0 aromatic carbocycles. The van der Waals surface area contributed by atoms with Crippen molar-refractivity contribution >= 4 is 23.3 Å². The average Bonchev–Trinajstić information content (AvgIpc) is 2.28. The first-order valence-electron chi connectivity index (χ1n) is 5.29. The number of nitrogens with one attached hydrogen (secondary N) is 1. The summed E-state index contributed by atoms with van der Waals surface area (Å²) < 4.78 is 0. The van der Waals surface area contributed by atoms with Crippen LogP contribution in [0.15, 0.2) is 17.2 Å². The monoisotopic (exact) mass is 256 g/mol. The van der Waals surface area contributed by atoms with Crippen LogP contribution in [0.1, 0.15) is 20.3 Å². The van der Waals surface area contributed by atoms with Crippen LogP contribution in [0, 0.1) is 16.0 Å². The van der Waals surface area contributed by atoms with Gasteiger partial charge in [-0.3, -0.25) is 10.1 Å². The average molecular weight is 256 g/mol. The van der Waals surface area contributed by atoms with E-state index >= 15 is 0 Å². The molecule has 0 atom stereocenters. The molecule has 0 radical (unpaired) electrons. The molecule has 0 aliphatic heterocycles. The molecule has 1 rings (SSSR count). The van der Waals surface area contributed by atoms with Gasteiger partial charge in [-0.05, 0) is 24.2 Å². The van der Waals surface area contributed by atoms with E-state index in [1.165, 1.54) is 23.9 Å². The Kier molecular flexibility index (Phi) is 5.17. The number of anilines is 1. The van der Waals surface area contributed by atoms with Gasteiger partial charge in [0.15, 0.2) is 5.03 Å². The van der Waals surface area contributed by atoms with Crippen LogP contribution in [-0.4, -0.2) is 15.7 Å². The van der Waals surface area contributed by atoms with Gasteiger partial charge < -0.3 is 5.43 Å². The third kappa shape index (κ3) is 4.20. The fraction of sp³-hybridized carbons (Fsp3) is 0.500. The first-order chi connectivity index (χ1) is 8.04. The molecule has 0 saturated carbocycles. The van der Waals surface area contributed by atoms with Crippen LogP contribution in [0.4, 0.5) is 11.5 Å². The van der Waals surface area contributed by atoms with Crippen molar-refractivity contribution in [1.29, 1.82) is 0 Å². The normalized spacial score (nSPS) is 10.6. The van der Waals surface area contributed by atoms with Crippen molar-refractivity contribution in [1.82, 2.24) is 4.98 Å². The number of hydrazine groups is 1. The number of nitrogens with two attached hydrogens (primary N) is 1. The molecular formula is C10H16N4O2S. The van der Waals surface area contributed by atoms with Gasteiger partial charge in [0.2, 0.25) is 0 Å². The SMILES string of the molecule is CC(C)CCSc1nc(NN)ccc1[N+](=O)[O-]. The maximum Gasteiger partial charge on any atom is 0.301 e. The van der Waals surface area contributed by atoms with Gasteiger partial charge in [0.25, 0.3) is 0 Å². The Morgan fingerprint density at radius 2 is 2.29 bits per heavy atom. The van der Waals surface area contributed by atoms with E-state index in [2.05, 4.69) is 24.3 Å². The molecular weight excluding hydrogens is 240 g/mol. The zero-order chi connectivity index (χ0) is 12.8. The molecule has 0 amide bonds.